The van der Waals surface area contributed by atoms with Crippen LogP contribution in [-0.4, -0.2) is 39.0 Å². The van der Waals surface area contributed by atoms with Crippen LogP contribution in [0.2, 0.25) is 0 Å². The van der Waals surface area contributed by atoms with Crippen LogP contribution in [0.3, 0.4) is 0 Å². The van der Waals surface area contributed by atoms with Crippen molar-refractivity contribution in [2.24, 2.45) is 0 Å². The summed E-state index contributed by atoms with van der Waals surface area (Å²) in [4.78, 5) is 10.6. The minimum atomic E-state index is -0.419. The summed E-state index contributed by atoms with van der Waals surface area (Å²) in [5, 5.41) is 0. The van der Waals surface area contributed by atoms with Gasteiger partial charge in [0.25, 0.3) is 0 Å². The van der Waals surface area contributed by atoms with Gasteiger partial charge in [-0.05, 0) is 6.42 Å². The number of hydrogen-bond acceptors (Lipinski definition) is 4. The Morgan fingerprint density at radius 1 is 1.13 bits per heavy atom. The Kier molecular flexibility index (Phi) is 10.6. The van der Waals surface area contributed by atoms with Gasteiger partial charge < -0.3 is 14.2 Å². The van der Waals surface area contributed by atoms with Gasteiger partial charge in [0.15, 0.2) is 0 Å². The van der Waals surface area contributed by atoms with Crippen molar-refractivity contribution in [2.75, 3.05) is 33.0 Å². The lowest BCUT2D eigenvalue weighted by Crippen LogP contribution is -2.11. The summed E-state index contributed by atoms with van der Waals surface area (Å²) in [7, 11) is 0. The van der Waals surface area contributed by atoms with Crippen LogP contribution in [0.4, 0.5) is 0 Å². The highest BCUT2D eigenvalue weighted by molar-refractivity contribution is 5.81. The first-order valence-electron chi connectivity index (χ1n) is 5.26. The third kappa shape index (κ3) is 11.1. The van der Waals surface area contributed by atoms with E-state index >= 15 is 0 Å². The van der Waals surface area contributed by atoms with Crippen LogP contribution in [-0.2, 0) is 19.0 Å². The van der Waals surface area contributed by atoms with E-state index in [4.69, 9.17) is 14.2 Å². The Balaban J connectivity index is 2.98. The van der Waals surface area contributed by atoms with Crippen LogP contribution in [0.15, 0.2) is 12.7 Å². The highest BCUT2D eigenvalue weighted by Crippen LogP contribution is 1.88. The lowest BCUT2D eigenvalue weighted by atomic mass is 10.4. The number of rotatable bonds is 10. The lowest BCUT2D eigenvalue weighted by molar-refractivity contribution is -0.139. The molecule has 0 spiro atoms. The van der Waals surface area contributed by atoms with Crippen LogP contribution in [0, 0.1) is 0 Å². The fourth-order valence-electron chi connectivity index (χ4n) is 0.828. The fraction of sp³-hybridized carbons (Fsp3) is 0.727. The van der Waals surface area contributed by atoms with E-state index in [0.29, 0.717) is 19.8 Å². The molecule has 0 aliphatic heterocycles. The normalized spacial score (nSPS) is 9.93. The summed E-state index contributed by atoms with van der Waals surface area (Å²) in [6.07, 6.45) is 3.35. The zero-order chi connectivity index (χ0) is 11.4. The van der Waals surface area contributed by atoms with Crippen molar-refractivity contribution in [3.05, 3.63) is 12.7 Å². The average molecular weight is 216 g/mol. The number of hydrogen-bond donors (Lipinski definition) is 0. The van der Waals surface area contributed by atoms with E-state index in [1.807, 2.05) is 0 Å². The van der Waals surface area contributed by atoms with Gasteiger partial charge in [0.1, 0.15) is 6.61 Å². The van der Waals surface area contributed by atoms with E-state index in [2.05, 4.69) is 13.5 Å². The van der Waals surface area contributed by atoms with E-state index in [1.54, 1.807) is 0 Å². The molecule has 0 aliphatic rings. The van der Waals surface area contributed by atoms with Crippen molar-refractivity contribution in [1.29, 1.82) is 0 Å². The molecular weight excluding hydrogens is 196 g/mol. The predicted molar refractivity (Wildman–Crippen MR) is 57.7 cm³/mol. The molecule has 0 saturated heterocycles. The van der Waals surface area contributed by atoms with E-state index in [-0.39, 0.29) is 6.61 Å². The molecule has 88 valence electrons. The molecule has 0 atom stereocenters. The Hall–Kier alpha value is -0.870. The van der Waals surface area contributed by atoms with Crippen LogP contribution in [0.1, 0.15) is 19.8 Å². The molecule has 0 aromatic rings. The molecule has 15 heavy (non-hydrogen) atoms. The monoisotopic (exact) mass is 216 g/mol. The summed E-state index contributed by atoms with van der Waals surface area (Å²) in [5.41, 5.74) is 0. The molecule has 0 radical (unpaired) electrons. The standard InChI is InChI=1S/C11H20O4/c1-3-5-6-13-7-8-14-9-10-15-11(12)4-2/h4H,2-3,5-10H2,1H3. The van der Waals surface area contributed by atoms with Crippen molar-refractivity contribution >= 4 is 5.97 Å². The largest absolute Gasteiger partial charge is 0.460 e. The van der Waals surface area contributed by atoms with E-state index in [1.165, 1.54) is 0 Å². The van der Waals surface area contributed by atoms with Crippen molar-refractivity contribution in [2.45, 2.75) is 19.8 Å². The summed E-state index contributed by atoms with van der Waals surface area (Å²) >= 11 is 0. The fourth-order valence-corrected chi connectivity index (χ4v) is 0.828. The molecule has 0 bridgehead atoms. The second kappa shape index (κ2) is 11.2. The Morgan fingerprint density at radius 2 is 1.73 bits per heavy atom. The smallest absolute Gasteiger partial charge is 0.330 e. The second-order valence-corrected chi connectivity index (χ2v) is 2.95. The van der Waals surface area contributed by atoms with Crippen molar-refractivity contribution in [3.63, 3.8) is 0 Å². The lowest BCUT2D eigenvalue weighted by Gasteiger charge is -2.05. The third-order valence-corrected chi connectivity index (χ3v) is 1.65. The molecule has 0 saturated carbocycles. The van der Waals surface area contributed by atoms with Crippen LogP contribution in [0.25, 0.3) is 0 Å². The Bertz CT molecular complexity index is 168. The first-order chi connectivity index (χ1) is 7.31. The molecule has 0 unspecified atom stereocenters. The van der Waals surface area contributed by atoms with Crippen LogP contribution >= 0.6 is 0 Å². The van der Waals surface area contributed by atoms with Gasteiger partial charge in [-0.15, -0.1) is 0 Å². The summed E-state index contributed by atoms with van der Waals surface area (Å²) in [5.74, 6) is -0.419. The minimum absolute atomic E-state index is 0.264. The third-order valence-electron chi connectivity index (χ3n) is 1.65. The van der Waals surface area contributed by atoms with Gasteiger partial charge in [-0.1, -0.05) is 19.9 Å². The molecule has 0 N–H and O–H groups in total. The van der Waals surface area contributed by atoms with Gasteiger partial charge in [-0.3, -0.25) is 0 Å². The molecule has 0 aromatic heterocycles. The van der Waals surface area contributed by atoms with Gasteiger partial charge in [0.2, 0.25) is 0 Å². The predicted octanol–water partition coefficient (Wildman–Crippen LogP) is 1.55. The van der Waals surface area contributed by atoms with Gasteiger partial charge in [-0.25, -0.2) is 4.79 Å². The molecule has 0 heterocycles. The Morgan fingerprint density at radius 3 is 2.33 bits per heavy atom. The Labute approximate surface area is 91.2 Å². The van der Waals surface area contributed by atoms with Gasteiger partial charge >= 0.3 is 5.97 Å². The summed E-state index contributed by atoms with van der Waals surface area (Å²) in [6, 6.07) is 0. The zero-order valence-corrected chi connectivity index (χ0v) is 9.37. The SMILES string of the molecule is C=CC(=O)OCCOCCOCCCC. The number of carbonyl (C=O) groups excluding carboxylic acids is 1. The molecule has 4 heteroatoms. The molecule has 0 aromatic carbocycles. The highest BCUT2D eigenvalue weighted by Gasteiger charge is 1.94. The molecule has 0 amide bonds. The highest BCUT2D eigenvalue weighted by atomic mass is 16.6. The summed E-state index contributed by atoms with van der Waals surface area (Å²) < 4.78 is 15.2. The number of esters is 1. The van der Waals surface area contributed by atoms with Crippen molar-refractivity contribution in [3.8, 4) is 0 Å². The maximum Gasteiger partial charge on any atom is 0.330 e. The maximum atomic E-state index is 10.6. The second-order valence-electron chi connectivity index (χ2n) is 2.95. The van der Waals surface area contributed by atoms with Crippen molar-refractivity contribution < 1.29 is 19.0 Å². The maximum absolute atomic E-state index is 10.6. The van der Waals surface area contributed by atoms with E-state index in [0.717, 1.165) is 25.5 Å². The number of unbranched alkanes of at least 4 members (excludes halogenated alkanes) is 1. The number of carbonyl (C=O) groups is 1. The minimum Gasteiger partial charge on any atom is -0.460 e. The zero-order valence-electron chi connectivity index (χ0n) is 9.37. The first-order valence-corrected chi connectivity index (χ1v) is 5.26. The first kappa shape index (κ1) is 14.1. The molecule has 0 fully saturated rings. The molecule has 4 nitrogen and oxygen atoms in total. The van der Waals surface area contributed by atoms with E-state index < -0.39 is 5.97 Å². The summed E-state index contributed by atoms with van der Waals surface area (Å²) in [6.45, 7) is 7.98. The van der Waals surface area contributed by atoms with Gasteiger partial charge in [-0.2, -0.15) is 0 Å². The molecule has 0 rings (SSSR count). The number of ether oxygens (including phenoxy) is 3. The quantitative estimate of drug-likeness (QED) is 0.316. The van der Waals surface area contributed by atoms with Crippen LogP contribution in [0.5, 0.6) is 0 Å². The molecule has 0 aliphatic carbocycles. The van der Waals surface area contributed by atoms with E-state index in [9.17, 15) is 4.79 Å². The topological polar surface area (TPSA) is 44.8 Å². The van der Waals surface area contributed by atoms with Crippen LogP contribution < -0.4 is 0 Å². The van der Waals surface area contributed by atoms with Gasteiger partial charge in [0, 0.05) is 12.7 Å². The average Bonchev–Trinajstić information content (AvgIpc) is 2.26. The molecular formula is C11H20O4. The van der Waals surface area contributed by atoms with Gasteiger partial charge in [0.05, 0.1) is 19.8 Å². The van der Waals surface area contributed by atoms with Crippen molar-refractivity contribution in [1.82, 2.24) is 0 Å².